The second kappa shape index (κ2) is 4.77. The van der Waals surface area contributed by atoms with E-state index in [1.165, 1.54) is 6.20 Å². The van der Waals surface area contributed by atoms with Crippen LogP contribution in [0.15, 0.2) is 6.20 Å². The quantitative estimate of drug-likeness (QED) is 0.777. The number of ether oxygens (including phenoxy) is 3. The molecular formula is C10H9Cl2FN2O3. The fourth-order valence-corrected chi connectivity index (χ4v) is 2.34. The van der Waals surface area contributed by atoms with E-state index in [2.05, 4.69) is 9.97 Å². The minimum atomic E-state index is -1.12. The lowest BCUT2D eigenvalue weighted by Crippen LogP contribution is -2.34. The normalized spacial score (nSPS) is 34.6. The summed E-state index contributed by atoms with van der Waals surface area (Å²) >= 11 is 11.5. The van der Waals surface area contributed by atoms with E-state index in [0.29, 0.717) is 0 Å². The van der Waals surface area contributed by atoms with Crippen LogP contribution < -0.4 is 4.74 Å². The van der Waals surface area contributed by atoms with Gasteiger partial charge in [-0.25, -0.2) is 9.37 Å². The smallest absolute Gasteiger partial charge is 0.237 e. The third kappa shape index (κ3) is 2.14. The number of nitrogens with zero attached hydrogens (tertiary/aromatic N) is 2. The molecule has 2 fully saturated rings. The largest absolute Gasteiger partial charge is 0.468 e. The van der Waals surface area contributed by atoms with Crippen LogP contribution in [0.1, 0.15) is 0 Å². The van der Waals surface area contributed by atoms with Gasteiger partial charge in [-0.1, -0.05) is 11.6 Å². The van der Waals surface area contributed by atoms with Crippen LogP contribution in [0, 0.1) is 0 Å². The number of hydrogen-bond donors (Lipinski definition) is 0. The average molecular weight is 295 g/mol. The molecule has 0 spiro atoms. The molecule has 0 amide bonds. The highest BCUT2D eigenvalue weighted by molar-refractivity contribution is 6.32. The van der Waals surface area contributed by atoms with Gasteiger partial charge in [0, 0.05) is 0 Å². The lowest BCUT2D eigenvalue weighted by atomic mass is 10.1. The second-order valence-electron chi connectivity index (χ2n) is 4.06. The summed E-state index contributed by atoms with van der Waals surface area (Å²) in [5, 5.41) is 0.262. The monoisotopic (exact) mass is 294 g/mol. The van der Waals surface area contributed by atoms with Crippen LogP contribution >= 0.6 is 23.2 Å². The van der Waals surface area contributed by atoms with Gasteiger partial charge in [-0.15, -0.1) is 0 Å². The molecule has 2 aliphatic heterocycles. The standard InChI is InChI=1S/C10H9Cl2FN2O3/c11-4-1-14-10(12)15-9(4)18-6-3-17-7-5(13)2-16-8(6)7/h1,5-8H,2-3H2/t5-,6-,7-,8-/m1/s1. The highest BCUT2D eigenvalue weighted by Crippen LogP contribution is 2.32. The number of rotatable bonds is 2. The van der Waals surface area contributed by atoms with Crippen molar-refractivity contribution in [2.75, 3.05) is 13.2 Å². The van der Waals surface area contributed by atoms with Crippen molar-refractivity contribution < 1.29 is 18.6 Å². The summed E-state index contributed by atoms with van der Waals surface area (Å²) < 4.78 is 29.5. The first-order valence-corrected chi connectivity index (χ1v) is 6.12. The van der Waals surface area contributed by atoms with Gasteiger partial charge < -0.3 is 14.2 Å². The zero-order valence-electron chi connectivity index (χ0n) is 9.05. The highest BCUT2D eigenvalue weighted by Gasteiger charge is 2.49. The van der Waals surface area contributed by atoms with E-state index in [1.807, 2.05) is 0 Å². The van der Waals surface area contributed by atoms with E-state index in [-0.39, 0.29) is 29.4 Å². The van der Waals surface area contributed by atoms with Crippen LogP contribution in [-0.2, 0) is 9.47 Å². The molecule has 2 saturated heterocycles. The van der Waals surface area contributed by atoms with Crippen molar-refractivity contribution in [3.63, 3.8) is 0 Å². The number of alkyl halides is 1. The van der Waals surface area contributed by atoms with E-state index >= 15 is 0 Å². The van der Waals surface area contributed by atoms with Gasteiger partial charge in [0.1, 0.15) is 17.2 Å². The van der Waals surface area contributed by atoms with Gasteiger partial charge in [-0.3, -0.25) is 0 Å². The molecule has 2 aliphatic rings. The predicted molar refractivity (Wildman–Crippen MR) is 60.8 cm³/mol. The summed E-state index contributed by atoms with van der Waals surface area (Å²) in [5.41, 5.74) is 0. The molecule has 0 aliphatic carbocycles. The van der Waals surface area contributed by atoms with E-state index in [1.54, 1.807) is 0 Å². The molecule has 1 aromatic rings. The lowest BCUT2D eigenvalue weighted by Gasteiger charge is -2.17. The van der Waals surface area contributed by atoms with Gasteiger partial charge in [0.15, 0.2) is 12.3 Å². The van der Waals surface area contributed by atoms with Crippen LogP contribution in [0.5, 0.6) is 5.88 Å². The maximum atomic E-state index is 13.4. The van der Waals surface area contributed by atoms with Gasteiger partial charge >= 0.3 is 0 Å². The molecule has 3 rings (SSSR count). The Morgan fingerprint density at radius 1 is 1.28 bits per heavy atom. The Balaban J connectivity index is 1.75. The number of fused-ring (bicyclic) bond motifs is 1. The van der Waals surface area contributed by atoms with Crippen molar-refractivity contribution in [2.24, 2.45) is 0 Å². The Morgan fingerprint density at radius 3 is 2.89 bits per heavy atom. The molecule has 0 saturated carbocycles. The number of hydrogen-bond acceptors (Lipinski definition) is 5. The van der Waals surface area contributed by atoms with Crippen LogP contribution in [0.25, 0.3) is 0 Å². The summed E-state index contributed by atoms with van der Waals surface area (Å²) in [6.45, 7) is 0.251. The SMILES string of the molecule is F[C@@H]1CO[C@H]2[C@@H]1OC[C@H]2Oc1nc(Cl)ncc1Cl. The molecule has 3 heterocycles. The molecule has 0 aromatic carbocycles. The zero-order chi connectivity index (χ0) is 12.7. The van der Waals surface area contributed by atoms with Crippen LogP contribution in [0.4, 0.5) is 4.39 Å². The lowest BCUT2D eigenvalue weighted by molar-refractivity contribution is 0.0261. The first kappa shape index (κ1) is 12.3. The van der Waals surface area contributed by atoms with Crippen LogP contribution in [0.3, 0.4) is 0 Å². The molecular weight excluding hydrogens is 286 g/mol. The molecule has 1 aromatic heterocycles. The number of halogens is 3. The molecule has 0 unspecified atom stereocenters. The number of aromatic nitrogens is 2. The van der Waals surface area contributed by atoms with Crippen molar-refractivity contribution in [2.45, 2.75) is 24.5 Å². The first-order chi connectivity index (χ1) is 8.65. The van der Waals surface area contributed by atoms with Gasteiger partial charge in [-0.05, 0) is 11.6 Å². The van der Waals surface area contributed by atoms with E-state index in [4.69, 9.17) is 37.4 Å². The zero-order valence-corrected chi connectivity index (χ0v) is 10.6. The van der Waals surface area contributed by atoms with Gasteiger partial charge in [-0.2, -0.15) is 4.98 Å². The minimum Gasteiger partial charge on any atom is -0.468 e. The second-order valence-corrected chi connectivity index (χ2v) is 4.81. The topological polar surface area (TPSA) is 53.5 Å². The van der Waals surface area contributed by atoms with E-state index in [0.717, 1.165) is 0 Å². The third-order valence-electron chi connectivity index (χ3n) is 2.89. The summed E-state index contributed by atoms with van der Waals surface area (Å²) in [5.74, 6) is 0.150. The molecule has 98 valence electrons. The van der Waals surface area contributed by atoms with Gasteiger partial charge in [0.25, 0.3) is 0 Å². The average Bonchev–Trinajstić information content (AvgIpc) is 2.89. The Kier molecular flexibility index (Phi) is 3.27. The Morgan fingerprint density at radius 2 is 2.06 bits per heavy atom. The van der Waals surface area contributed by atoms with E-state index in [9.17, 15) is 4.39 Å². The molecule has 0 bridgehead atoms. The summed E-state index contributed by atoms with van der Waals surface area (Å²) in [4.78, 5) is 7.58. The molecule has 4 atom stereocenters. The Labute approximate surface area is 112 Å². The summed E-state index contributed by atoms with van der Waals surface area (Å²) in [6.07, 6.45) is -1.24. The maximum absolute atomic E-state index is 13.4. The molecule has 0 N–H and O–H groups in total. The van der Waals surface area contributed by atoms with Crippen LogP contribution in [0.2, 0.25) is 10.3 Å². The fraction of sp³-hybridized carbons (Fsp3) is 0.600. The van der Waals surface area contributed by atoms with Crippen molar-refractivity contribution in [3.8, 4) is 5.88 Å². The maximum Gasteiger partial charge on any atom is 0.237 e. The van der Waals surface area contributed by atoms with Crippen LogP contribution in [-0.4, -0.2) is 47.7 Å². The van der Waals surface area contributed by atoms with E-state index < -0.39 is 24.5 Å². The Hall–Kier alpha value is -0.690. The highest BCUT2D eigenvalue weighted by atomic mass is 35.5. The molecule has 8 heteroatoms. The van der Waals surface area contributed by atoms with Crippen molar-refractivity contribution >= 4 is 23.2 Å². The Bertz CT molecular complexity index is 465. The predicted octanol–water partition coefficient (Wildman–Crippen LogP) is 1.67. The minimum absolute atomic E-state index is 0.0213. The van der Waals surface area contributed by atoms with Crippen molar-refractivity contribution in [1.82, 2.24) is 9.97 Å². The third-order valence-corrected chi connectivity index (χ3v) is 3.33. The summed E-state index contributed by atoms with van der Waals surface area (Å²) in [6, 6.07) is 0. The first-order valence-electron chi connectivity index (χ1n) is 5.37. The van der Waals surface area contributed by atoms with Gasteiger partial charge in [0.05, 0.1) is 19.4 Å². The van der Waals surface area contributed by atoms with Crippen molar-refractivity contribution in [3.05, 3.63) is 16.5 Å². The van der Waals surface area contributed by atoms with Gasteiger partial charge in [0.2, 0.25) is 11.2 Å². The molecule has 5 nitrogen and oxygen atoms in total. The molecule has 0 radical (unpaired) electrons. The summed E-state index contributed by atoms with van der Waals surface area (Å²) in [7, 11) is 0. The van der Waals surface area contributed by atoms with Crippen molar-refractivity contribution in [1.29, 1.82) is 0 Å². The fourth-order valence-electron chi connectivity index (χ4n) is 2.08. The molecule has 18 heavy (non-hydrogen) atoms.